The Balaban J connectivity index is 2.48. The highest BCUT2D eigenvalue weighted by Gasteiger charge is 2.29. The number of nitrogens with zero attached hydrogens (tertiary/aromatic N) is 1. The van der Waals surface area contributed by atoms with Crippen molar-refractivity contribution in [3.8, 4) is 0 Å². The number of benzene rings is 1. The van der Waals surface area contributed by atoms with Crippen LogP contribution in [0.1, 0.15) is 17.5 Å². The van der Waals surface area contributed by atoms with Gasteiger partial charge in [0.2, 0.25) is 0 Å². The first-order valence-corrected chi connectivity index (χ1v) is 5.93. The van der Waals surface area contributed by atoms with Crippen LogP contribution in [0, 0.1) is 0 Å². The van der Waals surface area contributed by atoms with E-state index in [4.69, 9.17) is 0 Å². The summed E-state index contributed by atoms with van der Waals surface area (Å²) in [4.78, 5) is 2.10. The molecule has 0 saturated heterocycles. The fourth-order valence-electron chi connectivity index (χ4n) is 1.72. The zero-order valence-corrected chi connectivity index (χ0v) is 10.7. The van der Waals surface area contributed by atoms with Gasteiger partial charge in [0.25, 0.3) is 0 Å². The van der Waals surface area contributed by atoms with Gasteiger partial charge in [-0.05, 0) is 51.3 Å². The Bertz CT molecular complexity index is 346. The third-order valence-electron chi connectivity index (χ3n) is 2.70. The van der Waals surface area contributed by atoms with Crippen molar-refractivity contribution in [2.24, 2.45) is 0 Å². The molecule has 0 radical (unpaired) electrons. The standard InChI is InChI=1S/C13H19F3N2/c1-17-8-3-9-18(2)10-11-4-6-12(7-5-11)13(14,15)16/h4-7,17H,3,8-10H2,1-2H3. The van der Waals surface area contributed by atoms with Gasteiger partial charge in [-0.15, -0.1) is 0 Å². The highest BCUT2D eigenvalue weighted by molar-refractivity contribution is 5.24. The molecule has 1 rings (SSSR count). The summed E-state index contributed by atoms with van der Waals surface area (Å²) in [5.41, 5.74) is 0.305. The Morgan fingerprint density at radius 3 is 2.28 bits per heavy atom. The molecule has 0 aliphatic heterocycles. The molecule has 1 aromatic carbocycles. The molecule has 102 valence electrons. The zero-order chi connectivity index (χ0) is 13.6. The van der Waals surface area contributed by atoms with Gasteiger partial charge >= 0.3 is 6.18 Å². The molecule has 0 unspecified atom stereocenters. The summed E-state index contributed by atoms with van der Waals surface area (Å²) in [5.74, 6) is 0. The number of alkyl halides is 3. The van der Waals surface area contributed by atoms with Crippen LogP contribution in [-0.4, -0.2) is 32.1 Å². The van der Waals surface area contributed by atoms with E-state index >= 15 is 0 Å². The molecule has 0 heterocycles. The molecule has 0 amide bonds. The molecule has 1 aromatic rings. The van der Waals surface area contributed by atoms with Gasteiger partial charge in [-0.25, -0.2) is 0 Å². The molecule has 0 fully saturated rings. The summed E-state index contributed by atoms with van der Waals surface area (Å²) in [7, 11) is 3.86. The normalized spacial score (nSPS) is 12.1. The lowest BCUT2D eigenvalue weighted by Crippen LogP contribution is -2.22. The third kappa shape index (κ3) is 5.06. The number of rotatable bonds is 6. The Labute approximate surface area is 106 Å². The van der Waals surface area contributed by atoms with Crippen LogP contribution >= 0.6 is 0 Å². The van der Waals surface area contributed by atoms with Crippen LogP contribution in [0.3, 0.4) is 0 Å². The van der Waals surface area contributed by atoms with Crippen LogP contribution < -0.4 is 5.32 Å². The van der Waals surface area contributed by atoms with Crippen molar-refractivity contribution in [1.29, 1.82) is 0 Å². The third-order valence-corrected chi connectivity index (χ3v) is 2.70. The molecule has 0 spiro atoms. The summed E-state index contributed by atoms with van der Waals surface area (Å²) in [6.45, 7) is 2.53. The molecule has 2 nitrogen and oxygen atoms in total. The van der Waals surface area contributed by atoms with E-state index in [0.29, 0.717) is 6.54 Å². The average molecular weight is 260 g/mol. The summed E-state index contributed by atoms with van der Waals surface area (Å²) in [5, 5.41) is 3.06. The van der Waals surface area contributed by atoms with Gasteiger partial charge in [0.15, 0.2) is 0 Å². The van der Waals surface area contributed by atoms with Crippen LogP contribution in [0.2, 0.25) is 0 Å². The first-order chi connectivity index (χ1) is 8.43. The van der Waals surface area contributed by atoms with E-state index in [9.17, 15) is 13.2 Å². The smallest absolute Gasteiger partial charge is 0.320 e. The number of hydrogen-bond acceptors (Lipinski definition) is 2. The van der Waals surface area contributed by atoms with Crippen LogP contribution in [0.25, 0.3) is 0 Å². The van der Waals surface area contributed by atoms with Crippen LogP contribution in [0.4, 0.5) is 13.2 Å². The Morgan fingerprint density at radius 1 is 1.17 bits per heavy atom. The first kappa shape index (κ1) is 15.0. The SMILES string of the molecule is CNCCCN(C)Cc1ccc(C(F)(F)F)cc1. The summed E-state index contributed by atoms with van der Waals surface area (Å²) < 4.78 is 37.1. The molecule has 0 bridgehead atoms. The Morgan fingerprint density at radius 2 is 1.78 bits per heavy atom. The van der Waals surface area contributed by atoms with E-state index in [-0.39, 0.29) is 0 Å². The highest BCUT2D eigenvalue weighted by atomic mass is 19.4. The Kier molecular flexibility index (Phi) is 5.62. The summed E-state index contributed by atoms with van der Waals surface area (Å²) in [6.07, 6.45) is -3.23. The van der Waals surface area contributed by atoms with Gasteiger partial charge in [0, 0.05) is 6.54 Å². The minimum absolute atomic E-state index is 0.593. The lowest BCUT2D eigenvalue weighted by Gasteiger charge is -2.17. The molecular formula is C13H19F3N2. The van der Waals surface area contributed by atoms with Crippen molar-refractivity contribution < 1.29 is 13.2 Å². The molecule has 0 aromatic heterocycles. The van der Waals surface area contributed by atoms with Crippen molar-refractivity contribution >= 4 is 0 Å². The second-order valence-corrected chi connectivity index (χ2v) is 4.39. The van der Waals surface area contributed by atoms with E-state index in [1.165, 1.54) is 12.1 Å². The average Bonchev–Trinajstić information content (AvgIpc) is 2.29. The number of nitrogens with one attached hydrogen (secondary N) is 1. The number of hydrogen-bond donors (Lipinski definition) is 1. The highest BCUT2D eigenvalue weighted by Crippen LogP contribution is 2.29. The zero-order valence-electron chi connectivity index (χ0n) is 10.7. The second kappa shape index (κ2) is 6.75. The lowest BCUT2D eigenvalue weighted by atomic mass is 10.1. The molecule has 0 saturated carbocycles. The second-order valence-electron chi connectivity index (χ2n) is 4.39. The summed E-state index contributed by atoms with van der Waals surface area (Å²) in [6, 6.07) is 5.35. The molecule has 0 atom stereocenters. The Hall–Kier alpha value is -1.07. The maximum Gasteiger partial charge on any atom is 0.416 e. The van der Waals surface area contributed by atoms with E-state index in [1.54, 1.807) is 0 Å². The van der Waals surface area contributed by atoms with E-state index in [0.717, 1.165) is 37.2 Å². The minimum Gasteiger partial charge on any atom is -0.320 e. The molecular weight excluding hydrogens is 241 g/mol. The van der Waals surface area contributed by atoms with Gasteiger partial charge in [-0.3, -0.25) is 0 Å². The lowest BCUT2D eigenvalue weighted by molar-refractivity contribution is -0.137. The van der Waals surface area contributed by atoms with Crippen molar-refractivity contribution in [2.75, 3.05) is 27.2 Å². The first-order valence-electron chi connectivity index (χ1n) is 5.93. The fourth-order valence-corrected chi connectivity index (χ4v) is 1.72. The predicted molar refractivity (Wildman–Crippen MR) is 66.3 cm³/mol. The van der Waals surface area contributed by atoms with Gasteiger partial charge in [-0.2, -0.15) is 13.2 Å². The van der Waals surface area contributed by atoms with Crippen LogP contribution in [0.15, 0.2) is 24.3 Å². The van der Waals surface area contributed by atoms with Crippen molar-refractivity contribution in [3.05, 3.63) is 35.4 Å². The number of halogens is 3. The fraction of sp³-hybridized carbons (Fsp3) is 0.538. The topological polar surface area (TPSA) is 15.3 Å². The largest absolute Gasteiger partial charge is 0.416 e. The molecule has 0 aliphatic rings. The van der Waals surface area contributed by atoms with Crippen LogP contribution in [-0.2, 0) is 12.7 Å². The maximum absolute atomic E-state index is 12.4. The molecule has 0 aliphatic carbocycles. The monoisotopic (exact) mass is 260 g/mol. The minimum atomic E-state index is -4.25. The molecule has 1 N–H and O–H groups in total. The van der Waals surface area contributed by atoms with Gasteiger partial charge in [-0.1, -0.05) is 12.1 Å². The van der Waals surface area contributed by atoms with Crippen LogP contribution in [0.5, 0.6) is 0 Å². The van der Waals surface area contributed by atoms with Gasteiger partial charge in [0.05, 0.1) is 5.56 Å². The van der Waals surface area contributed by atoms with E-state index in [1.807, 2.05) is 14.1 Å². The van der Waals surface area contributed by atoms with Gasteiger partial charge < -0.3 is 10.2 Å². The summed E-state index contributed by atoms with van der Waals surface area (Å²) >= 11 is 0. The van der Waals surface area contributed by atoms with E-state index < -0.39 is 11.7 Å². The quantitative estimate of drug-likeness (QED) is 0.791. The van der Waals surface area contributed by atoms with Gasteiger partial charge in [0.1, 0.15) is 0 Å². The van der Waals surface area contributed by atoms with E-state index in [2.05, 4.69) is 10.2 Å². The predicted octanol–water partition coefficient (Wildman–Crippen LogP) is 2.75. The van der Waals surface area contributed by atoms with Crippen molar-refractivity contribution in [2.45, 2.75) is 19.1 Å². The molecule has 5 heteroatoms. The van der Waals surface area contributed by atoms with Crippen molar-refractivity contribution in [3.63, 3.8) is 0 Å². The maximum atomic E-state index is 12.4. The van der Waals surface area contributed by atoms with Crippen molar-refractivity contribution in [1.82, 2.24) is 10.2 Å². The molecule has 18 heavy (non-hydrogen) atoms.